The van der Waals surface area contributed by atoms with E-state index in [1.54, 1.807) is 24.2 Å². The maximum absolute atomic E-state index is 12.8. The van der Waals surface area contributed by atoms with E-state index in [0.29, 0.717) is 30.0 Å². The highest BCUT2D eigenvalue weighted by molar-refractivity contribution is 5.97. The van der Waals surface area contributed by atoms with Crippen molar-refractivity contribution in [2.75, 3.05) is 13.7 Å². The molecule has 1 aromatic heterocycles. The van der Waals surface area contributed by atoms with Crippen molar-refractivity contribution in [3.05, 3.63) is 66.2 Å². The molecule has 4 rings (SSSR count). The van der Waals surface area contributed by atoms with E-state index in [9.17, 15) is 4.79 Å². The van der Waals surface area contributed by atoms with Gasteiger partial charge in [0.05, 0.1) is 24.4 Å². The maximum atomic E-state index is 12.8. The van der Waals surface area contributed by atoms with Crippen molar-refractivity contribution in [1.82, 2.24) is 20.1 Å². The van der Waals surface area contributed by atoms with Crippen molar-refractivity contribution in [1.29, 1.82) is 0 Å². The summed E-state index contributed by atoms with van der Waals surface area (Å²) in [6.07, 6.45) is 3.69. The smallest absolute Gasteiger partial charge is 0.253 e. The number of methoxy groups -OCH3 is 1. The molecule has 7 heteroatoms. The second-order valence-electron chi connectivity index (χ2n) is 5.99. The van der Waals surface area contributed by atoms with Crippen molar-refractivity contribution >= 4 is 5.91 Å². The van der Waals surface area contributed by atoms with Crippen LogP contribution in [0, 0.1) is 0 Å². The van der Waals surface area contributed by atoms with E-state index in [0.717, 1.165) is 11.3 Å². The number of nitrogens with zero attached hydrogens (tertiary/aromatic N) is 3. The first-order valence-electron chi connectivity index (χ1n) is 8.30. The number of fused-ring (bicyclic) bond motifs is 1. The fourth-order valence-electron chi connectivity index (χ4n) is 3.11. The Labute approximate surface area is 150 Å². The van der Waals surface area contributed by atoms with E-state index < -0.39 is 0 Å². The predicted molar refractivity (Wildman–Crippen MR) is 94.8 cm³/mol. The molecule has 1 unspecified atom stereocenters. The highest BCUT2D eigenvalue weighted by Crippen LogP contribution is 2.34. The lowest BCUT2D eigenvalue weighted by molar-refractivity contribution is 0.0914. The number of benzene rings is 2. The molecule has 0 bridgehead atoms. The first-order valence-corrected chi connectivity index (χ1v) is 8.30. The predicted octanol–water partition coefficient (Wildman–Crippen LogP) is 2.01. The lowest BCUT2D eigenvalue weighted by Gasteiger charge is -2.27. The molecule has 3 aromatic rings. The number of amides is 1. The summed E-state index contributed by atoms with van der Waals surface area (Å²) in [5.74, 6) is 1.29. The van der Waals surface area contributed by atoms with Gasteiger partial charge in [-0.15, -0.1) is 0 Å². The molecule has 7 nitrogen and oxygen atoms in total. The van der Waals surface area contributed by atoms with Gasteiger partial charge in [0.15, 0.2) is 11.5 Å². The van der Waals surface area contributed by atoms with E-state index >= 15 is 0 Å². The lowest BCUT2D eigenvalue weighted by Crippen LogP contribution is -2.43. The van der Waals surface area contributed by atoms with E-state index in [1.807, 2.05) is 36.4 Å². The number of rotatable bonds is 4. The second-order valence-corrected chi connectivity index (χ2v) is 5.99. The van der Waals surface area contributed by atoms with Crippen molar-refractivity contribution in [2.45, 2.75) is 12.5 Å². The number of carbonyl (C=O) groups excluding carboxylic acids is 1. The van der Waals surface area contributed by atoms with Crippen LogP contribution in [-0.4, -0.2) is 40.4 Å². The van der Waals surface area contributed by atoms with Gasteiger partial charge >= 0.3 is 0 Å². The quantitative estimate of drug-likeness (QED) is 0.779. The normalized spacial score (nSPS) is 15.7. The van der Waals surface area contributed by atoms with Crippen LogP contribution in [-0.2, 0) is 6.42 Å². The van der Waals surface area contributed by atoms with Gasteiger partial charge < -0.3 is 14.8 Å². The Kier molecular flexibility index (Phi) is 4.27. The molecule has 0 spiro atoms. The van der Waals surface area contributed by atoms with Crippen LogP contribution < -0.4 is 14.8 Å². The van der Waals surface area contributed by atoms with Crippen molar-refractivity contribution in [3.63, 3.8) is 0 Å². The third kappa shape index (κ3) is 2.99. The molecule has 0 radical (unpaired) electrons. The molecule has 1 amide bonds. The topological polar surface area (TPSA) is 78.3 Å². The number of hydrogen-bond donors (Lipinski definition) is 1. The minimum Gasteiger partial charge on any atom is -0.493 e. The third-order valence-electron chi connectivity index (χ3n) is 4.32. The van der Waals surface area contributed by atoms with Gasteiger partial charge in [0.2, 0.25) is 0 Å². The van der Waals surface area contributed by atoms with Gasteiger partial charge in [-0.3, -0.25) is 4.79 Å². The fourth-order valence-corrected chi connectivity index (χ4v) is 3.11. The first kappa shape index (κ1) is 16.1. The SMILES string of the molecule is COc1cccc2c1OCC(NC(=O)c1ccccc1-n1cncn1)C2. The van der Waals surface area contributed by atoms with Crippen LogP contribution in [0.15, 0.2) is 55.1 Å². The Balaban J connectivity index is 1.53. The summed E-state index contributed by atoms with van der Waals surface area (Å²) in [7, 11) is 1.62. The number of aromatic nitrogens is 3. The molecular formula is C19H18N4O3. The summed E-state index contributed by atoms with van der Waals surface area (Å²) in [6.45, 7) is 0.393. The molecule has 0 fully saturated rings. The molecule has 2 heterocycles. The average Bonchev–Trinajstić information content (AvgIpc) is 3.22. The Morgan fingerprint density at radius 1 is 1.27 bits per heavy atom. The van der Waals surface area contributed by atoms with Gasteiger partial charge in [0, 0.05) is 5.56 Å². The Morgan fingerprint density at radius 3 is 2.96 bits per heavy atom. The van der Waals surface area contributed by atoms with E-state index in [2.05, 4.69) is 15.4 Å². The number of carbonyl (C=O) groups is 1. The largest absolute Gasteiger partial charge is 0.493 e. The molecule has 26 heavy (non-hydrogen) atoms. The zero-order valence-corrected chi connectivity index (χ0v) is 14.3. The maximum Gasteiger partial charge on any atom is 0.253 e. The summed E-state index contributed by atoms with van der Waals surface area (Å²) in [5.41, 5.74) is 2.24. The fraction of sp³-hybridized carbons (Fsp3) is 0.211. The van der Waals surface area contributed by atoms with E-state index in [4.69, 9.17) is 9.47 Å². The Morgan fingerprint density at radius 2 is 2.15 bits per heavy atom. The minimum atomic E-state index is -0.170. The van der Waals surface area contributed by atoms with E-state index in [-0.39, 0.29) is 11.9 Å². The van der Waals surface area contributed by atoms with Crippen LogP contribution in [0.5, 0.6) is 11.5 Å². The Hall–Kier alpha value is -3.35. The molecule has 1 aliphatic rings. The van der Waals surface area contributed by atoms with Crippen LogP contribution in [0.4, 0.5) is 0 Å². The zero-order valence-electron chi connectivity index (χ0n) is 14.3. The Bertz CT molecular complexity index is 924. The highest BCUT2D eigenvalue weighted by atomic mass is 16.5. The van der Waals surface area contributed by atoms with Gasteiger partial charge in [-0.2, -0.15) is 5.10 Å². The standard InChI is InChI=1S/C19H18N4O3/c1-25-17-8-4-5-13-9-14(10-26-18(13)17)22-19(24)15-6-2-3-7-16(15)23-12-20-11-21-23/h2-8,11-12,14H,9-10H2,1H3,(H,22,24). The van der Waals surface area contributed by atoms with Crippen LogP contribution in [0.2, 0.25) is 0 Å². The molecule has 0 aliphatic carbocycles. The summed E-state index contributed by atoms with van der Waals surface area (Å²) in [4.78, 5) is 16.8. The molecule has 1 N–H and O–H groups in total. The lowest BCUT2D eigenvalue weighted by atomic mass is 10.0. The van der Waals surface area contributed by atoms with Crippen molar-refractivity contribution in [3.8, 4) is 17.2 Å². The van der Waals surface area contributed by atoms with Crippen LogP contribution in [0.1, 0.15) is 15.9 Å². The number of para-hydroxylation sites is 2. The van der Waals surface area contributed by atoms with Crippen molar-refractivity contribution < 1.29 is 14.3 Å². The molecule has 1 aliphatic heterocycles. The van der Waals surface area contributed by atoms with Gasteiger partial charge in [-0.1, -0.05) is 24.3 Å². The van der Waals surface area contributed by atoms with Crippen LogP contribution >= 0.6 is 0 Å². The van der Waals surface area contributed by atoms with Gasteiger partial charge in [0.25, 0.3) is 5.91 Å². The van der Waals surface area contributed by atoms with Gasteiger partial charge in [0.1, 0.15) is 19.3 Å². The number of nitrogens with one attached hydrogen (secondary N) is 1. The molecule has 1 atom stereocenters. The van der Waals surface area contributed by atoms with E-state index in [1.165, 1.54) is 6.33 Å². The number of ether oxygens (including phenoxy) is 2. The van der Waals surface area contributed by atoms with Gasteiger partial charge in [-0.25, -0.2) is 9.67 Å². The highest BCUT2D eigenvalue weighted by Gasteiger charge is 2.25. The third-order valence-corrected chi connectivity index (χ3v) is 4.32. The molecular weight excluding hydrogens is 332 g/mol. The monoisotopic (exact) mass is 350 g/mol. The summed E-state index contributed by atoms with van der Waals surface area (Å²) in [6, 6.07) is 12.9. The average molecular weight is 350 g/mol. The minimum absolute atomic E-state index is 0.120. The zero-order chi connectivity index (χ0) is 17.9. The molecule has 0 saturated heterocycles. The molecule has 2 aromatic carbocycles. The van der Waals surface area contributed by atoms with Gasteiger partial charge in [-0.05, 0) is 24.6 Å². The summed E-state index contributed by atoms with van der Waals surface area (Å²) >= 11 is 0. The van der Waals surface area contributed by atoms with Crippen LogP contribution in [0.3, 0.4) is 0 Å². The number of hydrogen-bond acceptors (Lipinski definition) is 5. The van der Waals surface area contributed by atoms with Crippen molar-refractivity contribution in [2.24, 2.45) is 0 Å². The first-order chi connectivity index (χ1) is 12.8. The summed E-state index contributed by atoms with van der Waals surface area (Å²) in [5, 5.41) is 7.16. The summed E-state index contributed by atoms with van der Waals surface area (Å²) < 4.78 is 12.7. The second kappa shape index (κ2) is 6.87. The van der Waals surface area contributed by atoms with Crippen LogP contribution in [0.25, 0.3) is 5.69 Å². The molecule has 132 valence electrons. The molecule has 0 saturated carbocycles.